The quantitative estimate of drug-likeness (QED) is 0.180. The van der Waals surface area contributed by atoms with Crippen molar-refractivity contribution < 1.29 is 4.42 Å². The number of furan rings is 1. The molecule has 0 fully saturated rings. The molecule has 3 heterocycles. The van der Waals surface area contributed by atoms with Crippen LogP contribution < -0.4 is 0 Å². The van der Waals surface area contributed by atoms with Gasteiger partial charge in [-0.2, -0.15) is 0 Å². The smallest absolute Gasteiger partial charge is 0.164 e. The third kappa shape index (κ3) is 4.97. The third-order valence-electron chi connectivity index (χ3n) is 10.7. The van der Waals surface area contributed by atoms with E-state index in [1.54, 1.807) is 0 Å². The molecule has 0 radical (unpaired) electrons. The maximum atomic E-state index is 6.54. The summed E-state index contributed by atoms with van der Waals surface area (Å²) in [6.07, 6.45) is 9.34. The lowest BCUT2D eigenvalue weighted by molar-refractivity contribution is 0.669. The standard InChI is InChI=1S/C49H32N4O/c1-4-13-31(14-5-1)34-23-24-35-28-40-38-19-10-11-21-42(38)53(43(40)29-36(35)27-34)37-25-26-44-41(30-37)46-39(20-12-22-45(46)54-44)49-51-47(32-15-6-2-7-16-32)50-48(52-49)33-17-8-3-9-18-33/h1-17,19-30,33H,18H2/t33-/m0/s1. The van der Waals surface area contributed by atoms with Crippen molar-refractivity contribution in [1.82, 2.24) is 19.5 Å². The molecule has 54 heavy (non-hydrogen) atoms. The highest BCUT2D eigenvalue weighted by Crippen LogP contribution is 2.40. The fourth-order valence-corrected chi connectivity index (χ4v) is 8.11. The van der Waals surface area contributed by atoms with Gasteiger partial charge in [-0.05, 0) is 76.9 Å². The van der Waals surface area contributed by atoms with E-state index in [2.05, 4.69) is 150 Å². The molecule has 0 saturated heterocycles. The van der Waals surface area contributed by atoms with Gasteiger partial charge in [0.1, 0.15) is 17.0 Å². The molecule has 3 aromatic heterocycles. The first-order valence-corrected chi connectivity index (χ1v) is 18.4. The Bertz CT molecular complexity index is 3140. The Kier molecular flexibility index (Phi) is 6.92. The van der Waals surface area contributed by atoms with Gasteiger partial charge in [-0.25, -0.2) is 15.0 Å². The van der Waals surface area contributed by atoms with E-state index in [-0.39, 0.29) is 5.92 Å². The molecule has 5 nitrogen and oxygen atoms in total. The minimum absolute atomic E-state index is 0.0706. The molecule has 1 aliphatic rings. The number of allylic oxidation sites excluding steroid dienone is 4. The molecular formula is C49H32N4O. The van der Waals surface area contributed by atoms with Gasteiger partial charge in [-0.3, -0.25) is 0 Å². The van der Waals surface area contributed by atoms with Crippen molar-refractivity contribution >= 4 is 54.5 Å². The molecule has 5 heteroatoms. The second-order valence-electron chi connectivity index (χ2n) is 14.0. The van der Waals surface area contributed by atoms with Crippen LogP contribution in [-0.4, -0.2) is 19.5 Å². The van der Waals surface area contributed by atoms with E-state index in [1.165, 1.54) is 32.7 Å². The summed E-state index contributed by atoms with van der Waals surface area (Å²) in [4.78, 5) is 15.3. The first-order chi connectivity index (χ1) is 26.7. The summed E-state index contributed by atoms with van der Waals surface area (Å²) in [6, 6.07) is 53.5. The van der Waals surface area contributed by atoms with Crippen LogP contribution in [0.3, 0.4) is 0 Å². The monoisotopic (exact) mass is 692 g/mol. The molecule has 0 aliphatic heterocycles. The number of fused-ring (bicyclic) bond motifs is 7. The van der Waals surface area contributed by atoms with Crippen LogP contribution in [0.4, 0.5) is 0 Å². The largest absolute Gasteiger partial charge is 0.456 e. The number of rotatable bonds is 5. The second-order valence-corrected chi connectivity index (χ2v) is 14.0. The van der Waals surface area contributed by atoms with Crippen molar-refractivity contribution in [1.29, 1.82) is 0 Å². The van der Waals surface area contributed by atoms with Crippen LogP contribution in [-0.2, 0) is 0 Å². The van der Waals surface area contributed by atoms with Crippen molar-refractivity contribution in [3.8, 4) is 39.6 Å². The van der Waals surface area contributed by atoms with Crippen LogP contribution in [0.15, 0.2) is 180 Å². The molecule has 1 atom stereocenters. The maximum absolute atomic E-state index is 6.54. The molecule has 0 bridgehead atoms. The summed E-state index contributed by atoms with van der Waals surface area (Å²) in [5.41, 5.74) is 9.28. The lowest BCUT2D eigenvalue weighted by atomic mass is 9.99. The highest BCUT2D eigenvalue weighted by atomic mass is 16.3. The normalized spacial score (nSPS) is 14.3. The predicted octanol–water partition coefficient (Wildman–Crippen LogP) is 12.6. The summed E-state index contributed by atoms with van der Waals surface area (Å²) >= 11 is 0. The van der Waals surface area contributed by atoms with Crippen molar-refractivity contribution in [3.63, 3.8) is 0 Å². The average molecular weight is 693 g/mol. The van der Waals surface area contributed by atoms with Crippen molar-refractivity contribution in [2.24, 2.45) is 0 Å². The van der Waals surface area contributed by atoms with Gasteiger partial charge in [0.05, 0.1) is 11.0 Å². The molecule has 0 spiro atoms. The van der Waals surface area contributed by atoms with Crippen LogP contribution in [0.2, 0.25) is 0 Å². The molecule has 1 aliphatic carbocycles. The van der Waals surface area contributed by atoms with Gasteiger partial charge in [0.15, 0.2) is 11.6 Å². The summed E-state index contributed by atoms with van der Waals surface area (Å²) in [5.74, 6) is 2.13. The van der Waals surface area contributed by atoms with Crippen LogP contribution in [0.1, 0.15) is 18.2 Å². The summed E-state index contributed by atoms with van der Waals surface area (Å²) in [5, 5.41) is 6.87. The van der Waals surface area contributed by atoms with Gasteiger partial charge in [0.2, 0.25) is 0 Å². The number of hydrogen-bond acceptors (Lipinski definition) is 4. The summed E-state index contributed by atoms with van der Waals surface area (Å²) in [7, 11) is 0. The Balaban J connectivity index is 1.13. The lowest BCUT2D eigenvalue weighted by Crippen LogP contribution is -2.07. The Hall–Kier alpha value is -7.11. The zero-order chi connectivity index (χ0) is 35.6. The fourth-order valence-electron chi connectivity index (χ4n) is 8.11. The molecular weight excluding hydrogens is 661 g/mol. The highest BCUT2D eigenvalue weighted by Gasteiger charge is 2.21. The topological polar surface area (TPSA) is 56.7 Å². The van der Waals surface area contributed by atoms with E-state index < -0.39 is 0 Å². The molecule has 0 N–H and O–H groups in total. The second kappa shape index (κ2) is 12.2. The Labute approximate surface area is 311 Å². The van der Waals surface area contributed by atoms with Gasteiger partial charge >= 0.3 is 0 Å². The zero-order valence-corrected chi connectivity index (χ0v) is 29.2. The Morgan fingerprint density at radius 1 is 0.519 bits per heavy atom. The maximum Gasteiger partial charge on any atom is 0.164 e. The van der Waals surface area contributed by atoms with Gasteiger partial charge in [-0.1, -0.05) is 127 Å². The summed E-state index contributed by atoms with van der Waals surface area (Å²) < 4.78 is 8.92. The van der Waals surface area contributed by atoms with Gasteiger partial charge in [0, 0.05) is 44.3 Å². The minimum atomic E-state index is 0.0706. The lowest BCUT2D eigenvalue weighted by Gasteiger charge is -2.14. The highest BCUT2D eigenvalue weighted by molar-refractivity contribution is 6.15. The zero-order valence-electron chi connectivity index (χ0n) is 29.2. The first kappa shape index (κ1) is 30.5. The molecule has 7 aromatic carbocycles. The first-order valence-electron chi connectivity index (χ1n) is 18.4. The van der Waals surface area contributed by atoms with E-state index >= 15 is 0 Å². The van der Waals surface area contributed by atoms with Crippen LogP contribution in [0, 0.1) is 0 Å². The fraction of sp³-hybridized carbons (Fsp3) is 0.0408. The number of hydrogen-bond donors (Lipinski definition) is 0. The molecule has 10 aromatic rings. The Morgan fingerprint density at radius 2 is 1.33 bits per heavy atom. The predicted molar refractivity (Wildman–Crippen MR) is 221 cm³/mol. The SMILES string of the molecule is C1=CC[C@@H](c2nc(-c3ccccc3)nc(-c3cccc4oc5ccc(-n6c7ccccc7c7cc8ccc(-c9ccccc9)cc8cc76)cc5c34)n2)C=C1. The summed E-state index contributed by atoms with van der Waals surface area (Å²) in [6.45, 7) is 0. The molecule has 0 amide bonds. The Morgan fingerprint density at radius 3 is 2.19 bits per heavy atom. The molecule has 254 valence electrons. The van der Waals surface area contributed by atoms with E-state index in [0.29, 0.717) is 11.6 Å². The van der Waals surface area contributed by atoms with Crippen LogP contribution in [0.25, 0.3) is 94.1 Å². The molecule has 0 unspecified atom stereocenters. The number of aromatic nitrogens is 4. The molecule has 11 rings (SSSR count). The van der Waals surface area contributed by atoms with Crippen molar-refractivity contribution in [2.75, 3.05) is 0 Å². The van der Waals surface area contributed by atoms with Crippen molar-refractivity contribution in [2.45, 2.75) is 12.3 Å². The third-order valence-corrected chi connectivity index (χ3v) is 10.7. The van der Waals surface area contributed by atoms with Crippen LogP contribution >= 0.6 is 0 Å². The van der Waals surface area contributed by atoms with Crippen LogP contribution in [0.5, 0.6) is 0 Å². The van der Waals surface area contributed by atoms with Gasteiger partial charge in [-0.15, -0.1) is 0 Å². The van der Waals surface area contributed by atoms with Crippen molar-refractivity contribution in [3.05, 3.63) is 182 Å². The van der Waals surface area contributed by atoms with Gasteiger partial charge in [0.25, 0.3) is 0 Å². The van der Waals surface area contributed by atoms with E-state index in [9.17, 15) is 0 Å². The number of benzene rings is 7. The number of para-hydroxylation sites is 1. The molecule has 0 saturated carbocycles. The van der Waals surface area contributed by atoms with E-state index in [0.717, 1.165) is 62.0 Å². The van der Waals surface area contributed by atoms with Gasteiger partial charge < -0.3 is 8.98 Å². The minimum Gasteiger partial charge on any atom is -0.456 e. The van der Waals surface area contributed by atoms with E-state index in [1.807, 2.05) is 30.3 Å². The number of nitrogens with zero attached hydrogens (tertiary/aromatic N) is 4. The van der Waals surface area contributed by atoms with E-state index in [4.69, 9.17) is 19.4 Å². The average Bonchev–Trinajstić information content (AvgIpc) is 3.78.